The number of carboxylic acids is 2. The maximum absolute atomic E-state index is 11.7. The third-order valence-electron chi connectivity index (χ3n) is 3.61. The average molecular weight is 274 g/mol. The van der Waals surface area contributed by atoms with Crippen LogP contribution in [0.15, 0.2) is 0 Å². The molecule has 0 bridgehead atoms. The standard InChI is InChI=1S/C11H24O4Si2/c1-16(2,3)11(10(14)15,17(4,5)6)8-7-9(12)13/h7-8H2,1-6H3,(H,12,13)(H,14,15)/p-2. The zero-order chi connectivity index (χ0) is 14.1. The van der Waals surface area contributed by atoms with Gasteiger partial charge in [-0.05, 0) is 17.5 Å². The van der Waals surface area contributed by atoms with Crippen LogP contribution >= 0.6 is 0 Å². The molecule has 0 atom stereocenters. The number of hydrogen-bond donors (Lipinski definition) is 0. The molecule has 6 heteroatoms. The molecule has 0 spiro atoms. The van der Waals surface area contributed by atoms with Crippen molar-refractivity contribution in [1.29, 1.82) is 0 Å². The number of carboxylic acid groups (broad SMARTS) is 2. The SMILES string of the molecule is C[Si](C)(C)C(CCC(=O)[O-])(C(=O)[O-])[Si](C)(C)C. The van der Waals surface area contributed by atoms with Crippen molar-refractivity contribution in [2.45, 2.75) is 56.8 Å². The lowest BCUT2D eigenvalue weighted by molar-refractivity contribution is -0.309. The summed E-state index contributed by atoms with van der Waals surface area (Å²) in [5, 5.41) is 22.3. The van der Waals surface area contributed by atoms with Crippen molar-refractivity contribution in [2.24, 2.45) is 0 Å². The van der Waals surface area contributed by atoms with Gasteiger partial charge in [-0.2, -0.15) is 0 Å². The fraction of sp³-hybridized carbons (Fsp3) is 0.818. The highest BCUT2D eigenvalue weighted by Gasteiger charge is 2.53. The van der Waals surface area contributed by atoms with Crippen LogP contribution < -0.4 is 10.2 Å². The highest BCUT2D eigenvalue weighted by atomic mass is 28.4. The molecule has 0 aromatic rings. The summed E-state index contributed by atoms with van der Waals surface area (Å²) in [6.45, 7) is 11.8. The molecule has 0 fully saturated rings. The molecule has 4 nitrogen and oxygen atoms in total. The Balaban J connectivity index is 5.60. The summed E-state index contributed by atoms with van der Waals surface area (Å²) in [4.78, 5) is 22.3. The molecule has 0 aliphatic rings. The third-order valence-corrected chi connectivity index (χ3v) is 14.1. The zero-order valence-corrected chi connectivity index (χ0v) is 13.5. The summed E-state index contributed by atoms with van der Waals surface area (Å²) in [5.74, 6) is -2.26. The fourth-order valence-corrected chi connectivity index (χ4v) is 14.9. The number of rotatable bonds is 6. The van der Waals surface area contributed by atoms with E-state index in [1.807, 2.05) is 39.3 Å². The zero-order valence-electron chi connectivity index (χ0n) is 11.5. The molecule has 0 rings (SSSR count). The van der Waals surface area contributed by atoms with Crippen molar-refractivity contribution in [3.05, 3.63) is 0 Å². The van der Waals surface area contributed by atoms with Crippen molar-refractivity contribution in [3.8, 4) is 0 Å². The van der Waals surface area contributed by atoms with Crippen LogP contribution in [0.5, 0.6) is 0 Å². The molecule has 0 aliphatic carbocycles. The molecular formula is C11H22O4Si2-2. The minimum absolute atomic E-state index is 0.142. The number of hydrogen-bond acceptors (Lipinski definition) is 4. The number of carbonyl (C=O) groups excluding carboxylic acids is 2. The Bertz CT molecular complexity index is 298. The van der Waals surface area contributed by atoms with Gasteiger partial charge >= 0.3 is 0 Å². The predicted molar refractivity (Wildman–Crippen MR) is 68.6 cm³/mol. The maximum Gasteiger partial charge on any atom is 0.0543 e. The Labute approximate surface area is 105 Å². The molecule has 0 saturated heterocycles. The molecule has 0 saturated carbocycles. The quantitative estimate of drug-likeness (QED) is 0.649. The third kappa shape index (κ3) is 3.19. The van der Waals surface area contributed by atoms with Gasteiger partial charge in [-0.15, -0.1) is 0 Å². The second kappa shape index (κ2) is 4.93. The van der Waals surface area contributed by atoms with E-state index in [2.05, 4.69) is 0 Å². The predicted octanol–water partition coefficient (Wildman–Crippen LogP) is 0.222. The van der Waals surface area contributed by atoms with Crippen LogP contribution in [0, 0.1) is 0 Å². The van der Waals surface area contributed by atoms with E-state index in [4.69, 9.17) is 0 Å². The van der Waals surface area contributed by atoms with Crippen LogP contribution in [0.25, 0.3) is 0 Å². The van der Waals surface area contributed by atoms with Gasteiger partial charge in [0.1, 0.15) is 0 Å². The Morgan fingerprint density at radius 3 is 1.47 bits per heavy atom. The smallest absolute Gasteiger partial charge is 0.0543 e. The fourth-order valence-electron chi connectivity index (χ4n) is 2.88. The van der Waals surface area contributed by atoms with Gasteiger partial charge in [0.2, 0.25) is 0 Å². The first kappa shape index (κ1) is 16.4. The maximum atomic E-state index is 11.7. The molecular weight excluding hydrogens is 252 g/mol. The van der Waals surface area contributed by atoms with E-state index in [-0.39, 0.29) is 12.8 Å². The van der Waals surface area contributed by atoms with E-state index in [9.17, 15) is 19.8 Å². The Morgan fingerprint density at radius 1 is 0.941 bits per heavy atom. The summed E-state index contributed by atoms with van der Waals surface area (Å²) in [6.07, 6.45) is -0.0639. The summed E-state index contributed by atoms with van der Waals surface area (Å²) >= 11 is 0. The van der Waals surface area contributed by atoms with Crippen LogP contribution in [0.4, 0.5) is 0 Å². The summed E-state index contributed by atoms with van der Waals surface area (Å²) < 4.78 is -0.930. The van der Waals surface area contributed by atoms with Gasteiger partial charge in [0.25, 0.3) is 0 Å². The lowest BCUT2D eigenvalue weighted by Gasteiger charge is -2.53. The van der Waals surface area contributed by atoms with Crippen LogP contribution in [-0.2, 0) is 9.59 Å². The minimum atomic E-state index is -2.09. The average Bonchev–Trinajstić information content (AvgIpc) is 1.97. The molecule has 0 aromatic carbocycles. The van der Waals surface area contributed by atoms with E-state index in [1.54, 1.807) is 0 Å². The largest absolute Gasteiger partial charge is 0.550 e. The van der Waals surface area contributed by atoms with Gasteiger partial charge < -0.3 is 19.8 Å². The molecule has 0 heterocycles. The first-order valence-electron chi connectivity index (χ1n) is 5.77. The van der Waals surface area contributed by atoms with E-state index >= 15 is 0 Å². The molecule has 100 valence electrons. The van der Waals surface area contributed by atoms with Crippen molar-refractivity contribution < 1.29 is 19.8 Å². The van der Waals surface area contributed by atoms with E-state index in [1.165, 1.54) is 0 Å². The second-order valence-electron chi connectivity index (χ2n) is 6.56. The van der Waals surface area contributed by atoms with Crippen LogP contribution in [0.3, 0.4) is 0 Å². The van der Waals surface area contributed by atoms with Gasteiger partial charge in [-0.1, -0.05) is 39.3 Å². The van der Waals surface area contributed by atoms with Gasteiger partial charge in [0, 0.05) is 11.9 Å². The highest BCUT2D eigenvalue weighted by Crippen LogP contribution is 2.50. The minimum Gasteiger partial charge on any atom is -0.550 e. The summed E-state index contributed by atoms with van der Waals surface area (Å²) in [6, 6.07) is 0. The lowest BCUT2D eigenvalue weighted by atomic mass is 10.2. The molecule has 0 aliphatic heterocycles. The van der Waals surface area contributed by atoms with Crippen molar-refractivity contribution in [3.63, 3.8) is 0 Å². The topological polar surface area (TPSA) is 80.3 Å². The monoisotopic (exact) mass is 274 g/mol. The van der Waals surface area contributed by atoms with Gasteiger partial charge in [0.15, 0.2) is 0 Å². The molecule has 0 unspecified atom stereocenters. The van der Waals surface area contributed by atoms with Crippen LogP contribution in [-0.4, -0.2) is 28.1 Å². The van der Waals surface area contributed by atoms with Crippen LogP contribution in [0.2, 0.25) is 43.9 Å². The van der Waals surface area contributed by atoms with Crippen molar-refractivity contribution in [1.82, 2.24) is 0 Å². The lowest BCUT2D eigenvalue weighted by Crippen LogP contribution is -2.63. The molecule has 0 N–H and O–H groups in total. The molecule has 0 aromatic heterocycles. The molecule has 17 heavy (non-hydrogen) atoms. The van der Waals surface area contributed by atoms with E-state index in [0.29, 0.717) is 0 Å². The number of aliphatic carboxylic acids is 2. The van der Waals surface area contributed by atoms with Crippen LogP contribution in [0.1, 0.15) is 12.8 Å². The summed E-state index contributed by atoms with van der Waals surface area (Å²) in [5.41, 5.74) is 0. The Kier molecular flexibility index (Phi) is 4.75. The van der Waals surface area contributed by atoms with E-state index in [0.717, 1.165) is 0 Å². The Hall–Kier alpha value is -0.626. The van der Waals surface area contributed by atoms with Crippen molar-refractivity contribution in [2.75, 3.05) is 0 Å². The van der Waals surface area contributed by atoms with Gasteiger partial charge in [-0.3, -0.25) is 0 Å². The Morgan fingerprint density at radius 2 is 1.29 bits per heavy atom. The molecule has 0 radical (unpaired) electrons. The van der Waals surface area contributed by atoms with Crippen molar-refractivity contribution >= 4 is 28.1 Å². The molecule has 0 amide bonds. The first-order valence-corrected chi connectivity index (χ1v) is 12.8. The highest BCUT2D eigenvalue weighted by molar-refractivity contribution is 7.02. The van der Waals surface area contributed by atoms with Gasteiger partial charge in [0.05, 0.1) is 16.1 Å². The van der Waals surface area contributed by atoms with Gasteiger partial charge in [-0.25, -0.2) is 0 Å². The van der Waals surface area contributed by atoms with E-state index < -0.39 is 32.7 Å². The first-order chi connectivity index (χ1) is 7.36. The number of carbonyl (C=O) groups is 2. The summed E-state index contributed by atoms with van der Waals surface area (Å²) in [7, 11) is -4.19. The second-order valence-corrected chi connectivity index (χ2v) is 17.8. The normalized spacial score (nSPS) is 13.5.